The highest BCUT2D eigenvalue weighted by atomic mass is 32.2. The predicted molar refractivity (Wildman–Crippen MR) is 71.0 cm³/mol. The van der Waals surface area contributed by atoms with E-state index in [1.165, 1.54) is 9.71 Å². The molecule has 5 heteroatoms. The second-order valence-corrected chi connectivity index (χ2v) is 5.61. The summed E-state index contributed by atoms with van der Waals surface area (Å²) in [7, 11) is 0.0454. The molecule has 0 spiro atoms. The standard InChI is InChI=1S/C12H18N2O2S/c1-13-9-10-14(2)17(15,16)11-8-12-6-4-3-5-7-12/h3-8,11,13H,9-10H2,1-2H3. The van der Waals surface area contributed by atoms with E-state index < -0.39 is 10.0 Å². The highest BCUT2D eigenvalue weighted by molar-refractivity contribution is 7.92. The summed E-state index contributed by atoms with van der Waals surface area (Å²) in [5.41, 5.74) is 0.873. The Morgan fingerprint density at radius 2 is 1.94 bits per heavy atom. The third kappa shape index (κ3) is 4.68. The van der Waals surface area contributed by atoms with Crippen molar-refractivity contribution in [3.8, 4) is 0 Å². The lowest BCUT2D eigenvalue weighted by molar-refractivity contribution is 0.474. The molecule has 0 aliphatic heterocycles. The van der Waals surface area contributed by atoms with Gasteiger partial charge in [0.05, 0.1) is 0 Å². The molecule has 0 saturated heterocycles. The van der Waals surface area contributed by atoms with Crippen molar-refractivity contribution < 1.29 is 8.42 Å². The predicted octanol–water partition coefficient (Wildman–Crippen LogP) is 1.14. The van der Waals surface area contributed by atoms with Crippen molar-refractivity contribution in [3.05, 3.63) is 41.3 Å². The van der Waals surface area contributed by atoms with Crippen LogP contribution in [0.5, 0.6) is 0 Å². The van der Waals surface area contributed by atoms with E-state index in [0.29, 0.717) is 13.1 Å². The highest BCUT2D eigenvalue weighted by Gasteiger charge is 2.12. The molecule has 17 heavy (non-hydrogen) atoms. The van der Waals surface area contributed by atoms with Gasteiger partial charge in [-0.25, -0.2) is 12.7 Å². The molecule has 0 saturated carbocycles. The van der Waals surface area contributed by atoms with Crippen LogP contribution in [-0.4, -0.2) is 39.9 Å². The number of nitrogens with one attached hydrogen (secondary N) is 1. The first-order valence-corrected chi connectivity index (χ1v) is 6.90. The Morgan fingerprint density at radius 3 is 2.53 bits per heavy atom. The van der Waals surface area contributed by atoms with Gasteiger partial charge >= 0.3 is 0 Å². The summed E-state index contributed by atoms with van der Waals surface area (Å²) in [6.07, 6.45) is 1.60. The smallest absolute Gasteiger partial charge is 0.236 e. The zero-order chi connectivity index (χ0) is 12.7. The van der Waals surface area contributed by atoms with E-state index >= 15 is 0 Å². The van der Waals surface area contributed by atoms with Gasteiger partial charge in [0, 0.05) is 25.5 Å². The van der Waals surface area contributed by atoms with Crippen molar-refractivity contribution >= 4 is 16.1 Å². The van der Waals surface area contributed by atoms with Crippen LogP contribution in [0.4, 0.5) is 0 Å². The van der Waals surface area contributed by atoms with Crippen LogP contribution in [0.2, 0.25) is 0 Å². The Kier molecular flexibility index (Phi) is 5.34. The molecule has 1 rings (SSSR count). The molecule has 1 aromatic carbocycles. The number of hydrogen-bond acceptors (Lipinski definition) is 3. The summed E-state index contributed by atoms with van der Waals surface area (Å²) in [6, 6.07) is 9.36. The molecule has 0 aromatic heterocycles. The first-order chi connectivity index (χ1) is 8.06. The average molecular weight is 254 g/mol. The van der Waals surface area contributed by atoms with Crippen LogP contribution >= 0.6 is 0 Å². The molecule has 0 amide bonds. The molecule has 1 N–H and O–H groups in total. The number of benzene rings is 1. The largest absolute Gasteiger partial charge is 0.318 e. The van der Waals surface area contributed by atoms with Gasteiger partial charge in [-0.1, -0.05) is 30.3 Å². The molecule has 0 bridgehead atoms. The van der Waals surface area contributed by atoms with E-state index in [1.54, 1.807) is 20.2 Å². The van der Waals surface area contributed by atoms with Crippen molar-refractivity contribution in [2.45, 2.75) is 0 Å². The SMILES string of the molecule is CNCCN(C)S(=O)(=O)C=Cc1ccccc1. The van der Waals surface area contributed by atoms with Crippen molar-refractivity contribution in [1.29, 1.82) is 0 Å². The van der Waals surface area contributed by atoms with E-state index in [9.17, 15) is 8.42 Å². The number of likely N-dealkylation sites (N-methyl/N-ethyl adjacent to an activating group) is 2. The average Bonchev–Trinajstić information content (AvgIpc) is 2.35. The molecule has 0 aliphatic rings. The molecule has 0 fully saturated rings. The van der Waals surface area contributed by atoms with Crippen molar-refractivity contribution in [1.82, 2.24) is 9.62 Å². The summed E-state index contributed by atoms with van der Waals surface area (Å²) in [4.78, 5) is 0. The van der Waals surface area contributed by atoms with Gasteiger partial charge < -0.3 is 5.32 Å². The first kappa shape index (κ1) is 13.9. The van der Waals surface area contributed by atoms with E-state index in [1.807, 2.05) is 30.3 Å². The molecule has 4 nitrogen and oxygen atoms in total. The summed E-state index contributed by atoms with van der Waals surface area (Å²) in [5.74, 6) is 0. The lowest BCUT2D eigenvalue weighted by Gasteiger charge is -2.13. The lowest BCUT2D eigenvalue weighted by atomic mass is 10.2. The lowest BCUT2D eigenvalue weighted by Crippen LogP contribution is -2.31. The van der Waals surface area contributed by atoms with Crippen LogP contribution < -0.4 is 5.32 Å². The third-order valence-corrected chi connectivity index (χ3v) is 3.87. The summed E-state index contributed by atoms with van der Waals surface area (Å²) in [6.45, 7) is 1.09. The second kappa shape index (κ2) is 6.54. The quantitative estimate of drug-likeness (QED) is 0.828. The first-order valence-electron chi connectivity index (χ1n) is 5.40. The Morgan fingerprint density at radius 1 is 1.29 bits per heavy atom. The number of sulfonamides is 1. The van der Waals surface area contributed by atoms with Gasteiger partial charge in [0.15, 0.2) is 0 Å². The van der Waals surface area contributed by atoms with E-state index in [-0.39, 0.29) is 0 Å². The highest BCUT2D eigenvalue weighted by Crippen LogP contribution is 2.05. The summed E-state index contributed by atoms with van der Waals surface area (Å²) >= 11 is 0. The number of hydrogen-bond donors (Lipinski definition) is 1. The maximum absolute atomic E-state index is 11.8. The molecule has 0 aliphatic carbocycles. The van der Waals surface area contributed by atoms with Crippen molar-refractivity contribution in [3.63, 3.8) is 0 Å². The Bertz CT molecular complexity index is 455. The van der Waals surface area contributed by atoms with Crippen LogP contribution in [0, 0.1) is 0 Å². The second-order valence-electron chi connectivity index (χ2n) is 3.68. The normalized spacial score (nSPS) is 12.4. The van der Waals surface area contributed by atoms with Gasteiger partial charge in [0.2, 0.25) is 10.0 Å². The third-order valence-electron chi connectivity index (χ3n) is 2.34. The molecular formula is C12H18N2O2S. The van der Waals surface area contributed by atoms with Crippen LogP contribution in [0.1, 0.15) is 5.56 Å². The van der Waals surface area contributed by atoms with Gasteiger partial charge in [-0.05, 0) is 18.7 Å². The molecule has 0 atom stereocenters. The van der Waals surface area contributed by atoms with E-state index in [4.69, 9.17) is 0 Å². The van der Waals surface area contributed by atoms with Crippen LogP contribution in [0.15, 0.2) is 35.7 Å². The van der Waals surface area contributed by atoms with Gasteiger partial charge in [0.25, 0.3) is 0 Å². The van der Waals surface area contributed by atoms with Crippen LogP contribution in [-0.2, 0) is 10.0 Å². The van der Waals surface area contributed by atoms with Crippen molar-refractivity contribution in [2.75, 3.05) is 27.2 Å². The minimum atomic E-state index is -3.32. The Balaban J connectivity index is 2.69. The Hall–Kier alpha value is -1.17. The fraction of sp³-hybridized carbons (Fsp3) is 0.333. The summed E-state index contributed by atoms with van der Waals surface area (Å²) < 4.78 is 25.0. The van der Waals surface area contributed by atoms with Crippen LogP contribution in [0.3, 0.4) is 0 Å². The molecular weight excluding hydrogens is 236 g/mol. The number of rotatable bonds is 6. The molecule has 94 valence electrons. The van der Waals surface area contributed by atoms with Gasteiger partial charge in [-0.3, -0.25) is 0 Å². The fourth-order valence-electron chi connectivity index (χ4n) is 1.23. The minimum absolute atomic E-state index is 0.456. The van der Waals surface area contributed by atoms with Gasteiger partial charge in [-0.2, -0.15) is 0 Å². The van der Waals surface area contributed by atoms with E-state index in [2.05, 4.69) is 5.32 Å². The zero-order valence-corrected chi connectivity index (χ0v) is 10.9. The zero-order valence-electron chi connectivity index (χ0n) is 10.1. The van der Waals surface area contributed by atoms with Crippen molar-refractivity contribution in [2.24, 2.45) is 0 Å². The maximum atomic E-state index is 11.8. The van der Waals surface area contributed by atoms with Gasteiger partial charge in [0.1, 0.15) is 0 Å². The maximum Gasteiger partial charge on any atom is 0.236 e. The van der Waals surface area contributed by atoms with Crippen LogP contribution in [0.25, 0.3) is 6.08 Å². The number of nitrogens with zero attached hydrogens (tertiary/aromatic N) is 1. The molecule has 0 heterocycles. The monoisotopic (exact) mass is 254 g/mol. The Labute approximate surface area is 103 Å². The molecule has 1 aromatic rings. The summed E-state index contributed by atoms with van der Waals surface area (Å²) in [5, 5.41) is 4.15. The fourth-order valence-corrected chi connectivity index (χ4v) is 2.11. The molecule has 0 unspecified atom stereocenters. The van der Waals surface area contributed by atoms with E-state index in [0.717, 1.165) is 5.56 Å². The topological polar surface area (TPSA) is 49.4 Å². The molecule has 0 radical (unpaired) electrons. The minimum Gasteiger partial charge on any atom is -0.318 e. The van der Waals surface area contributed by atoms with Gasteiger partial charge in [-0.15, -0.1) is 0 Å².